The molecule has 1 heterocycles. The molecule has 6 nitrogen and oxygen atoms in total. The number of nitrogens with one attached hydrogen (secondary N) is 2. The fourth-order valence-corrected chi connectivity index (χ4v) is 3.26. The summed E-state index contributed by atoms with van der Waals surface area (Å²) < 4.78 is 0. The van der Waals surface area contributed by atoms with Gasteiger partial charge in [-0.15, -0.1) is 0 Å². The second-order valence-electron chi connectivity index (χ2n) is 7.00. The van der Waals surface area contributed by atoms with Gasteiger partial charge in [0, 0.05) is 49.5 Å². The van der Waals surface area contributed by atoms with Crippen molar-refractivity contribution < 1.29 is 4.79 Å². The van der Waals surface area contributed by atoms with Crippen LogP contribution in [0.25, 0.3) is 0 Å². The lowest BCUT2D eigenvalue weighted by Crippen LogP contribution is -2.49. The van der Waals surface area contributed by atoms with Crippen LogP contribution < -0.4 is 15.5 Å². The molecule has 2 fully saturated rings. The number of nitrogens with zero attached hydrogens (tertiary/aromatic N) is 3. The first kappa shape index (κ1) is 18.8. The number of hydrogen-bond donors (Lipinski definition) is 2. The number of hydrogen-bond acceptors (Lipinski definition) is 3. The van der Waals surface area contributed by atoms with E-state index in [0.29, 0.717) is 12.0 Å². The summed E-state index contributed by atoms with van der Waals surface area (Å²) >= 11 is 5.95. The molecule has 1 aliphatic heterocycles. The predicted molar refractivity (Wildman–Crippen MR) is 107 cm³/mol. The van der Waals surface area contributed by atoms with E-state index >= 15 is 0 Å². The largest absolute Gasteiger partial charge is 0.368 e. The van der Waals surface area contributed by atoms with Gasteiger partial charge in [0.2, 0.25) is 5.91 Å². The number of benzene rings is 1. The average Bonchev–Trinajstić information content (AvgIpc) is 3.35. The van der Waals surface area contributed by atoms with Gasteiger partial charge in [-0.25, -0.2) is 4.99 Å². The van der Waals surface area contributed by atoms with Crippen molar-refractivity contribution in [3.05, 3.63) is 29.3 Å². The molecule has 2 unspecified atom stereocenters. The number of carbonyl (C=O) groups is 1. The summed E-state index contributed by atoms with van der Waals surface area (Å²) in [6.07, 6.45) is 1.17. The Morgan fingerprint density at radius 2 is 1.88 bits per heavy atom. The van der Waals surface area contributed by atoms with E-state index in [2.05, 4.69) is 27.4 Å². The van der Waals surface area contributed by atoms with Crippen LogP contribution in [0.4, 0.5) is 5.69 Å². The third kappa shape index (κ3) is 5.04. The molecule has 7 heteroatoms. The van der Waals surface area contributed by atoms with Crippen molar-refractivity contribution in [2.75, 3.05) is 44.2 Å². The fraction of sp³-hybridized carbons (Fsp3) is 0.579. The van der Waals surface area contributed by atoms with E-state index in [-0.39, 0.29) is 12.5 Å². The molecule has 2 atom stereocenters. The second-order valence-corrected chi connectivity index (χ2v) is 7.44. The van der Waals surface area contributed by atoms with Crippen molar-refractivity contribution in [1.82, 2.24) is 15.5 Å². The molecule has 1 aromatic rings. The van der Waals surface area contributed by atoms with E-state index in [1.54, 1.807) is 0 Å². The monoisotopic (exact) mass is 377 g/mol. The summed E-state index contributed by atoms with van der Waals surface area (Å²) in [6, 6.07) is 8.35. The zero-order valence-corrected chi connectivity index (χ0v) is 16.3. The molecule has 0 radical (unpaired) electrons. The van der Waals surface area contributed by atoms with E-state index < -0.39 is 0 Å². The van der Waals surface area contributed by atoms with Crippen LogP contribution in [-0.4, -0.2) is 62.1 Å². The minimum atomic E-state index is 0.0850. The Balaban J connectivity index is 1.48. The first-order chi connectivity index (χ1) is 12.6. The number of amides is 1. The molecule has 142 valence electrons. The van der Waals surface area contributed by atoms with Crippen LogP contribution in [0.1, 0.15) is 20.3 Å². The zero-order valence-electron chi connectivity index (χ0n) is 15.5. The lowest BCUT2D eigenvalue weighted by molar-refractivity contribution is -0.129. The third-order valence-electron chi connectivity index (χ3n) is 4.97. The minimum Gasteiger partial charge on any atom is -0.368 e. The number of halogens is 1. The standard InChI is InChI=1S/C19H28ClN5O/c1-3-21-19(23-17-12-14(17)2)22-13-18(26)25-10-8-24(9-11-25)16-6-4-15(20)5-7-16/h4-7,14,17H,3,8-13H2,1-2H3,(H2,21,22,23). The Kier molecular flexibility index (Phi) is 6.25. The van der Waals surface area contributed by atoms with Crippen molar-refractivity contribution >= 4 is 29.2 Å². The molecule has 0 bridgehead atoms. The van der Waals surface area contributed by atoms with Crippen molar-refractivity contribution in [2.24, 2.45) is 10.9 Å². The predicted octanol–water partition coefficient (Wildman–Crippen LogP) is 1.95. The maximum Gasteiger partial charge on any atom is 0.244 e. The van der Waals surface area contributed by atoms with E-state index in [1.807, 2.05) is 36.1 Å². The highest BCUT2D eigenvalue weighted by molar-refractivity contribution is 6.30. The van der Waals surface area contributed by atoms with Crippen LogP contribution in [0.3, 0.4) is 0 Å². The number of guanidine groups is 1. The highest BCUT2D eigenvalue weighted by atomic mass is 35.5. The summed E-state index contributed by atoms with van der Waals surface area (Å²) in [5.41, 5.74) is 1.15. The van der Waals surface area contributed by atoms with Crippen molar-refractivity contribution in [3.63, 3.8) is 0 Å². The Morgan fingerprint density at radius 3 is 2.46 bits per heavy atom. The highest BCUT2D eigenvalue weighted by Gasteiger charge is 2.33. The maximum atomic E-state index is 12.5. The van der Waals surface area contributed by atoms with Crippen LogP contribution in [0, 0.1) is 5.92 Å². The Labute approximate surface area is 160 Å². The van der Waals surface area contributed by atoms with Crippen LogP contribution in [0.5, 0.6) is 0 Å². The summed E-state index contributed by atoms with van der Waals surface area (Å²) in [7, 11) is 0. The van der Waals surface area contributed by atoms with Gasteiger partial charge in [0.1, 0.15) is 6.54 Å². The lowest BCUT2D eigenvalue weighted by Gasteiger charge is -2.36. The smallest absolute Gasteiger partial charge is 0.244 e. The molecule has 2 N–H and O–H groups in total. The first-order valence-electron chi connectivity index (χ1n) is 9.40. The maximum absolute atomic E-state index is 12.5. The second kappa shape index (κ2) is 8.62. The molecule has 1 aromatic carbocycles. The van der Waals surface area contributed by atoms with Gasteiger partial charge in [0.05, 0.1) is 0 Å². The molecule has 1 saturated carbocycles. The summed E-state index contributed by atoms with van der Waals surface area (Å²) in [6.45, 7) is 8.33. The average molecular weight is 378 g/mol. The van der Waals surface area contributed by atoms with Crippen LogP contribution in [0.2, 0.25) is 5.02 Å². The van der Waals surface area contributed by atoms with Gasteiger partial charge >= 0.3 is 0 Å². The van der Waals surface area contributed by atoms with E-state index in [4.69, 9.17) is 11.6 Å². The van der Waals surface area contributed by atoms with Gasteiger partial charge in [0.15, 0.2) is 5.96 Å². The molecule has 0 aromatic heterocycles. The van der Waals surface area contributed by atoms with Gasteiger partial charge in [-0.3, -0.25) is 4.79 Å². The lowest BCUT2D eigenvalue weighted by atomic mass is 10.2. The van der Waals surface area contributed by atoms with E-state index in [0.717, 1.165) is 49.4 Å². The minimum absolute atomic E-state index is 0.0850. The van der Waals surface area contributed by atoms with Gasteiger partial charge in [-0.2, -0.15) is 0 Å². The van der Waals surface area contributed by atoms with E-state index in [9.17, 15) is 4.79 Å². The molecule has 1 aliphatic carbocycles. The summed E-state index contributed by atoms with van der Waals surface area (Å²) in [5.74, 6) is 1.52. The van der Waals surface area contributed by atoms with Gasteiger partial charge in [-0.1, -0.05) is 18.5 Å². The summed E-state index contributed by atoms with van der Waals surface area (Å²) in [5, 5.41) is 7.34. The number of aliphatic imine (C=N–C) groups is 1. The van der Waals surface area contributed by atoms with Crippen molar-refractivity contribution in [1.29, 1.82) is 0 Å². The molecule has 1 amide bonds. The third-order valence-corrected chi connectivity index (χ3v) is 5.22. The molecular weight excluding hydrogens is 350 g/mol. The molecule has 26 heavy (non-hydrogen) atoms. The Bertz CT molecular complexity index is 640. The molecule has 1 saturated heterocycles. The Hall–Kier alpha value is -1.95. The number of carbonyl (C=O) groups excluding carboxylic acids is 1. The highest BCUT2D eigenvalue weighted by Crippen LogP contribution is 2.28. The normalized spacial score (nSPS) is 23.0. The molecular formula is C19H28ClN5O. The summed E-state index contributed by atoms with van der Waals surface area (Å²) in [4.78, 5) is 21.1. The number of anilines is 1. The van der Waals surface area contributed by atoms with Crippen LogP contribution in [0.15, 0.2) is 29.3 Å². The van der Waals surface area contributed by atoms with E-state index in [1.165, 1.54) is 6.42 Å². The zero-order chi connectivity index (χ0) is 18.5. The van der Waals surface area contributed by atoms with Crippen molar-refractivity contribution in [3.8, 4) is 0 Å². The van der Waals surface area contributed by atoms with Gasteiger partial charge < -0.3 is 20.4 Å². The van der Waals surface area contributed by atoms with Crippen molar-refractivity contribution in [2.45, 2.75) is 26.3 Å². The SMILES string of the molecule is CCNC(=NCC(=O)N1CCN(c2ccc(Cl)cc2)CC1)NC1CC1C. The number of piperazine rings is 1. The Morgan fingerprint density at radius 1 is 1.23 bits per heavy atom. The number of rotatable bonds is 5. The molecule has 2 aliphatic rings. The first-order valence-corrected chi connectivity index (χ1v) is 9.77. The van der Waals surface area contributed by atoms with Gasteiger partial charge in [-0.05, 0) is 43.5 Å². The molecule has 3 rings (SSSR count). The topological polar surface area (TPSA) is 60.0 Å². The fourth-order valence-electron chi connectivity index (χ4n) is 3.13. The van der Waals surface area contributed by atoms with Crippen LogP contribution >= 0.6 is 11.6 Å². The quantitative estimate of drug-likeness (QED) is 0.608. The van der Waals surface area contributed by atoms with Crippen LogP contribution in [-0.2, 0) is 4.79 Å². The molecule has 0 spiro atoms. The van der Waals surface area contributed by atoms with Gasteiger partial charge in [0.25, 0.3) is 0 Å².